The molecule has 0 unspecified atom stereocenters. The number of aromatic nitrogens is 3. The largest absolute Gasteiger partial charge is 0.324 e. The van der Waals surface area contributed by atoms with E-state index in [1.807, 2.05) is 0 Å². The zero-order valence-corrected chi connectivity index (χ0v) is 10.6. The standard InChI is InChI=1S/C11H10ClF4N3/c1-6-2-7-9(17-4-6)19(8(3-12)18-7)5-11(15,16)10(13)14/h2,4,10H,3,5H2,1H3. The predicted octanol–water partition coefficient (Wildman–Crippen LogP) is 3.38. The fourth-order valence-electron chi connectivity index (χ4n) is 1.71. The van der Waals surface area contributed by atoms with Gasteiger partial charge in [0.05, 0.1) is 12.4 Å². The van der Waals surface area contributed by atoms with E-state index in [1.165, 1.54) is 6.20 Å². The number of hydrogen-bond acceptors (Lipinski definition) is 2. The first-order valence-corrected chi connectivity index (χ1v) is 5.92. The fourth-order valence-corrected chi connectivity index (χ4v) is 1.91. The Morgan fingerprint density at radius 2 is 2.11 bits per heavy atom. The van der Waals surface area contributed by atoms with Gasteiger partial charge in [0.15, 0.2) is 5.65 Å². The number of rotatable bonds is 4. The first-order valence-electron chi connectivity index (χ1n) is 5.39. The maximum absolute atomic E-state index is 13.2. The number of aryl methyl sites for hydroxylation is 1. The summed E-state index contributed by atoms with van der Waals surface area (Å²) < 4.78 is 51.8. The third-order valence-corrected chi connectivity index (χ3v) is 2.85. The van der Waals surface area contributed by atoms with Crippen LogP contribution < -0.4 is 0 Å². The van der Waals surface area contributed by atoms with Gasteiger partial charge in [0.1, 0.15) is 11.3 Å². The van der Waals surface area contributed by atoms with Gasteiger partial charge >= 0.3 is 12.3 Å². The Hall–Kier alpha value is -1.37. The Morgan fingerprint density at radius 1 is 1.42 bits per heavy atom. The summed E-state index contributed by atoms with van der Waals surface area (Å²) in [6, 6.07) is 1.63. The van der Waals surface area contributed by atoms with Crippen molar-refractivity contribution in [3.8, 4) is 0 Å². The molecule has 0 N–H and O–H groups in total. The van der Waals surface area contributed by atoms with Crippen molar-refractivity contribution >= 4 is 22.8 Å². The molecule has 0 bridgehead atoms. The van der Waals surface area contributed by atoms with Crippen LogP contribution in [0.2, 0.25) is 0 Å². The smallest absolute Gasteiger partial charge is 0.305 e. The van der Waals surface area contributed by atoms with Gasteiger partial charge in [-0.2, -0.15) is 8.78 Å². The second-order valence-electron chi connectivity index (χ2n) is 4.16. The molecule has 19 heavy (non-hydrogen) atoms. The van der Waals surface area contributed by atoms with Crippen molar-refractivity contribution in [3.63, 3.8) is 0 Å². The molecule has 0 saturated heterocycles. The van der Waals surface area contributed by atoms with Crippen LogP contribution in [0.1, 0.15) is 11.4 Å². The van der Waals surface area contributed by atoms with Gasteiger partial charge in [-0.1, -0.05) is 0 Å². The van der Waals surface area contributed by atoms with Crippen molar-refractivity contribution in [1.29, 1.82) is 0 Å². The second-order valence-corrected chi connectivity index (χ2v) is 4.43. The lowest BCUT2D eigenvalue weighted by atomic mass is 10.3. The minimum Gasteiger partial charge on any atom is -0.305 e. The van der Waals surface area contributed by atoms with E-state index in [4.69, 9.17) is 11.6 Å². The molecule has 2 rings (SSSR count). The van der Waals surface area contributed by atoms with E-state index in [2.05, 4.69) is 9.97 Å². The summed E-state index contributed by atoms with van der Waals surface area (Å²) in [5, 5.41) is 0. The van der Waals surface area contributed by atoms with Crippen molar-refractivity contribution in [1.82, 2.24) is 14.5 Å². The Morgan fingerprint density at radius 3 is 2.68 bits per heavy atom. The highest BCUT2D eigenvalue weighted by Crippen LogP contribution is 2.28. The number of halogens is 5. The first kappa shape index (κ1) is 14.0. The molecule has 0 aliphatic rings. The molecule has 0 saturated carbocycles. The van der Waals surface area contributed by atoms with Gasteiger partial charge in [-0.25, -0.2) is 18.7 Å². The normalized spacial score (nSPS) is 12.6. The molecule has 0 radical (unpaired) electrons. The average Bonchev–Trinajstić information content (AvgIpc) is 2.65. The summed E-state index contributed by atoms with van der Waals surface area (Å²) in [4.78, 5) is 7.98. The molecule has 0 fully saturated rings. The van der Waals surface area contributed by atoms with Crippen LogP contribution in [0.3, 0.4) is 0 Å². The van der Waals surface area contributed by atoms with Crippen LogP contribution >= 0.6 is 11.6 Å². The lowest BCUT2D eigenvalue weighted by molar-refractivity contribution is -0.137. The topological polar surface area (TPSA) is 30.7 Å². The van der Waals surface area contributed by atoms with E-state index >= 15 is 0 Å². The highest BCUT2D eigenvalue weighted by molar-refractivity contribution is 6.16. The van der Waals surface area contributed by atoms with E-state index in [-0.39, 0.29) is 17.4 Å². The summed E-state index contributed by atoms with van der Waals surface area (Å²) in [6.45, 7) is 0.568. The van der Waals surface area contributed by atoms with E-state index in [0.29, 0.717) is 5.52 Å². The van der Waals surface area contributed by atoms with Crippen LogP contribution in [0.4, 0.5) is 17.6 Å². The maximum atomic E-state index is 13.2. The summed E-state index contributed by atoms with van der Waals surface area (Å²) in [7, 11) is 0. The SMILES string of the molecule is Cc1cnc2c(c1)nc(CCl)n2CC(F)(F)C(F)F. The van der Waals surface area contributed by atoms with Crippen LogP contribution in [0.25, 0.3) is 11.2 Å². The molecule has 0 aliphatic carbocycles. The Balaban J connectivity index is 2.52. The van der Waals surface area contributed by atoms with Crippen molar-refractivity contribution in [2.24, 2.45) is 0 Å². The summed E-state index contributed by atoms with van der Waals surface area (Å²) in [6.07, 6.45) is -2.29. The Bertz CT molecular complexity index is 597. The second kappa shape index (κ2) is 4.96. The van der Waals surface area contributed by atoms with E-state index < -0.39 is 18.9 Å². The van der Waals surface area contributed by atoms with Crippen LogP contribution in [-0.2, 0) is 12.4 Å². The molecule has 0 spiro atoms. The molecule has 0 aromatic carbocycles. The van der Waals surface area contributed by atoms with Crippen molar-refractivity contribution in [2.75, 3.05) is 0 Å². The lowest BCUT2D eigenvalue weighted by Gasteiger charge is -2.17. The minimum atomic E-state index is -4.15. The van der Waals surface area contributed by atoms with Gasteiger partial charge in [-0.15, -0.1) is 11.6 Å². The molecule has 0 amide bonds. The van der Waals surface area contributed by atoms with E-state index in [9.17, 15) is 17.6 Å². The molecule has 0 atom stereocenters. The van der Waals surface area contributed by atoms with Crippen molar-refractivity contribution in [3.05, 3.63) is 23.7 Å². The van der Waals surface area contributed by atoms with Gasteiger partial charge < -0.3 is 4.57 Å². The van der Waals surface area contributed by atoms with Gasteiger partial charge in [0.2, 0.25) is 0 Å². The zero-order chi connectivity index (χ0) is 14.2. The number of nitrogens with zero attached hydrogens (tertiary/aromatic N) is 3. The fraction of sp³-hybridized carbons (Fsp3) is 0.455. The summed E-state index contributed by atoms with van der Waals surface area (Å²) in [5.74, 6) is -4.22. The molecule has 0 aliphatic heterocycles. The quantitative estimate of drug-likeness (QED) is 0.639. The maximum Gasteiger partial charge on any atom is 0.324 e. The number of fused-ring (bicyclic) bond motifs is 1. The summed E-state index contributed by atoms with van der Waals surface area (Å²) >= 11 is 5.61. The molecule has 104 valence electrons. The van der Waals surface area contributed by atoms with Crippen LogP contribution in [0.5, 0.6) is 0 Å². The van der Waals surface area contributed by atoms with Crippen molar-refractivity contribution < 1.29 is 17.6 Å². The average molecular weight is 296 g/mol. The molecular formula is C11H10ClF4N3. The Labute approximate surface area is 111 Å². The zero-order valence-electron chi connectivity index (χ0n) is 9.88. The van der Waals surface area contributed by atoms with Crippen LogP contribution in [0.15, 0.2) is 12.3 Å². The van der Waals surface area contributed by atoms with Gasteiger partial charge in [0.25, 0.3) is 0 Å². The molecular weight excluding hydrogens is 286 g/mol. The van der Waals surface area contributed by atoms with Crippen molar-refractivity contribution in [2.45, 2.75) is 31.7 Å². The third-order valence-electron chi connectivity index (χ3n) is 2.61. The van der Waals surface area contributed by atoms with Crippen LogP contribution in [-0.4, -0.2) is 26.9 Å². The highest BCUT2D eigenvalue weighted by Gasteiger charge is 2.42. The molecule has 2 aromatic heterocycles. The van der Waals surface area contributed by atoms with Gasteiger partial charge in [-0.05, 0) is 18.6 Å². The Kier molecular flexibility index (Phi) is 3.66. The van der Waals surface area contributed by atoms with Crippen LogP contribution in [0, 0.1) is 6.92 Å². The molecule has 2 heterocycles. The molecule has 3 nitrogen and oxygen atoms in total. The monoisotopic (exact) mass is 295 g/mol. The number of alkyl halides is 5. The third kappa shape index (κ3) is 2.65. The van der Waals surface area contributed by atoms with Gasteiger partial charge in [0, 0.05) is 6.20 Å². The first-order chi connectivity index (χ1) is 8.85. The predicted molar refractivity (Wildman–Crippen MR) is 62.8 cm³/mol. The lowest BCUT2D eigenvalue weighted by Crippen LogP contribution is -2.32. The summed E-state index contributed by atoms with van der Waals surface area (Å²) in [5.41, 5.74) is 1.28. The number of pyridine rings is 1. The van der Waals surface area contributed by atoms with E-state index in [1.54, 1.807) is 13.0 Å². The molecule has 2 aromatic rings. The number of hydrogen-bond donors (Lipinski definition) is 0. The van der Waals surface area contributed by atoms with Gasteiger partial charge in [-0.3, -0.25) is 0 Å². The molecule has 8 heteroatoms. The highest BCUT2D eigenvalue weighted by atomic mass is 35.5. The van der Waals surface area contributed by atoms with E-state index in [0.717, 1.165) is 10.1 Å². The minimum absolute atomic E-state index is 0.0927. The number of imidazole rings is 1.